The van der Waals surface area contributed by atoms with E-state index in [2.05, 4.69) is 27.3 Å². The van der Waals surface area contributed by atoms with E-state index in [1.807, 2.05) is 13.0 Å². The highest BCUT2D eigenvalue weighted by Crippen LogP contribution is 2.37. The van der Waals surface area contributed by atoms with Gasteiger partial charge in [-0.25, -0.2) is 23.2 Å². The molecule has 1 aliphatic heterocycles. The number of imidazole rings is 1. The number of aromatic nitrogens is 4. The molecule has 3 aromatic rings. The fourth-order valence-corrected chi connectivity index (χ4v) is 6.80. The van der Waals surface area contributed by atoms with E-state index in [0.29, 0.717) is 45.7 Å². The van der Waals surface area contributed by atoms with Crippen LogP contribution in [0.25, 0.3) is 22.3 Å². The Labute approximate surface area is 227 Å². The normalized spacial score (nSPS) is 22.8. The van der Waals surface area contributed by atoms with E-state index >= 15 is 0 Å². The molecule has 38 heavy (non-hydrogen) atoms. The molecule has 3 aromatic heterocycles. The lowest BCUT2D eigenvalue weighted by molar-refractivity contribution is 0.121. The molecule has 2 atom stereocenters. The molecule has 5 rings (SSSR count). The zero-order chi connectivity index (χ0) is 27.0. The first kappa shape index (κ1) is 26.8. The van der Waals surface area contributed by atoms with Crippen LogP contribution in [0.1, 0.15) is 69.6 Å². The summed E-state index contributed by atoms with van der Waals surface area (Å²) in [5.41, 5.74) is 5.96. The fourth-order valence-electron chi connectivity index (χ4n) is 5.51. The van der Waals surface area contributed by atoms with Gasteiger partial charge in [0, 0.05) is 36.7 Å². The maximum Gasteiger partial charge on any atom is 0.427 e. The number of hydroxylamine groups is 1. The van der Waals surface area contributed by atoms with Crippen molar-refractivity contribution in [2.75, 3.05) is 12.0 Å². The third-order valence-electron chi connectivity index (χ3n) is 7.52. The molecule has 1 amide bonds. The Hall–Kier alpha value is -2.76. The molecule has 2 aliphatic rings. The first-order valence-electron chi connectivity index (χ1n) is 13.0. The number of hydrogen-bond donors (Lipinski definition) is 2. The van der Waals surface area contributed by atoms with Gasteiger partial charge in [0.15, 0.2) is 6.17 Å². The van der Waals surface area contributed by atoms with Crippen molar-refractivity contribution in [1.82, 2.24) is 30.3 Å². The van der Waals surface area contributed by atoms with Crippen LogP contribution in [-0.2, 0) is 21.2 Å². The monoisotopic (exact) mass is 560 g/mol. The highest BCUT2D eigenvalue weighted by atomic mass is 35.5. The second kappa shape index (κ2) is 10.8. The number of rotatable bonds is 8. The summed E-state index contributed by atoms with van der Waals surface area (Å²) in [4.78, 5) is 30.8. The van der Waals surface area contributed by atoms with Gasteiger partial charge in [0.2, 0.25) is 0 Å². The summed E-state index contributed by atoms with van der Waals surface area (Å²) >= 11 is 6.32. The number of halogens is 1. The zero-order valence-electron chi connectivity index (χ0n) is 21.8. The lowest BCUT2D eigenvalue weighted by Gasteiger charge is -2.28. The van der Waals surface area contributed by atoms with E-state index in [1.54, 1.807) is 18.5 Å². The van der Waals surface area contributed by atoms with Crippen molar-refractivity contribution in [2.24, 2.45) is 11.8 Å². The lowest BCUT2D eigenvalue weighted by atomic mass is 9.83. The molecule has 204 valence electrons. The maximum atomic E-state index is 12.4. The minimum atomic E-state index is -3.24. The van der Waals surface area contributed by atoms with Gasteiger partial charge in [-0.05, 0) is 43.2 Å². The van der Waals surface area contributed by atoms with E-state index in [1.165, 1.54) is 19.1 Å². The second-order valence-electron chi connectivity index (χ2n) is 10.6. The van der Waals surface area contributed by atoms with Crippen molar-refractivity contribution in [3.63, 3.8) is 0 Å². The van der Waals surface area contributed by atoms with Gasteiger partial charge in [-0.2, -0.15) is 0 Å². The summed E-state index contributed by atoms with van der Waals surface area (Å²) in [6, 6.07) is 3.62. The molecule has 0 radical (unpaired) electrons. The van der Waals surface area contributed by atoms with Crippen LogP contribution in [0.5, 0.6) is 0 Å². The van der Waals surface area contributed by atoms with E-state index in [-0.39, 0.29) is 11.7 Å². The molecule has 1 aliphatic carbocycles. The van der Waals surface area contributed by atoms with Crippen molar-refractivity contribution in [2.45, 2.75) is 64.6 Å². The van der Waals surface area contributed by atoms with Gasteiger partial charge in [0.05, 0.1) is 33.2 Å². The number of hydrogen-bond acceptors (Lipinski definition) is 8. The number of nitrogens with one attached hydrogen (secondary N) is 2. The summed E-state index contributed by atoms with van der Waals surface area (Å²) in [5, 5.41) is 3.16. The van der Waals surface area contributed by atoms with Crippen LogP contribution in [0.3, 0.4) is 0 Å². The zero-order valence-corrected chi connectivity index (χ0v) is 23.3. The summed E-state index contributed by atoms with van der Waals surface area (Å²) in [7, 11) is -3.24. The molecule has 0 spiro atoms. The van der Waals surface area contributed by atoms with Crippen molar-refractivity contribution in [3.05, 3.63) is 41.1 Å². The van der Waals surface area contributed by atoms with Gasteiger partial charge in [0.25, 0.3) is 0 Å². The standard InChI is InChI=1S/C26H33ClN6O4S/c1-4-17(14-38(3,35)36)25-30-20-10-21(24-31-26(34)37-32-24)29-22(18-9-19(27)12-28-11-18)23(20)33(25)13-16-7-5-15(2)6-8-16/h9-12,15-17,24,32H,4-8,13-14H2,1-3H3,(H,31,34). The Kier molecular flexibility index (Phi) is 7.61. The van der Waals surface area contributed by atoms with Gasteiger partial charge in [0.1, 0.15) is 15.7 Å². The van der Waals surface area contributed by atoms with Crippen molar-refractivity contribution >= 4 is 38.6 Å². The maximum absolute atomic E-state index is 12.4. The summed E-state index contributed by atoms with van der Waals surface area (Å²) in [5.74, 6) is 1.64. The van der Waals surface area contributed by atoms with Crippen LogP contribution in [0, 0.1) is 11.8 Å². The molecule has 2 unspecified atom stereocenters. The number of carbonyl (C=O) groups is 1. The Morgan fingerprint density at radius 3 is 2.58 bits per heavy atom. The Balaban J connectivity index is 1.72. The van der Waals surface area contributed by atoms with E-state index in [0.717, 1.165) is 30.7 Å². The lowest BCUT2D eigenvalue weighted by Crippen LogP contribution is -2.24. The number of nitrogens with zero attached hydrogens (tertiary/aromatic N) is 4. The van der Waals surface area contributed by atoms with Crippen molar-refractivity contribution < 1.29 is 18.0 Å². The van der Waals surface area contributed by atoms with Crippen LogP contribution in [0.2, 0.25) is 5.02 Å². The highest BCUT2D eigenvalue weighted by Gasteiger charge is 2.31. The third kappa shape index (κ3) is 5.79. The molecule has 2 fully saturated rings. The highest BCUT2D eigenvalue weighted by molar-refractivity contribution is 7.90. The number of carbonyl (C=O) groups excluding carboxylic acids is 1. The smallest absolute Gasteiger partial charge is 0.351 e. The van der Waals surface area contributed by atoms with Crippen LogP contribution < -0.4 is 10.8 Å². The third-order valence-corrected chi connectivity index (χ3v) is 8.73. The Morgan fingerprint density at radius 1 is 1.18 bits per heavy atom. The molecule has 1 saturated heterocycles. The molecule has 0 bridgehead atoms. The molecule has 4 heterocycles. The van der Waals surface area contributed by atoms with Gasteiger partial charge in [-0.3, -0.25) is 10.3 Å². The molecular formula is C26H33ClN6O4S. The predicted octanol–water partition coefficient (Wildman–Crippen LogP) is 4.75. The van der Waals surface area contributed by atoms with E-state index in [4.69, 9.17) is 26.4 Å². The minimum Gasteiger partial charge on any atom is -0.351 e. The van der Waals surface area contributed by atoms with Crippen molar-refractivity contribution in [3.8, 4) is 11.3 Å². The number of pyridine rings is 2. The number of fused-ring (bicyclic) bond motifs is 1. The Bertz CT molecular complexity index is 1450. The number of amides is 1. The topological polar surface area (TPSA) is 128 Å². The largest absolute Gasteiger partial charge is 0.427 e. The average Bonchev–Trinajstić information content (AvgIpc) is 3.46. The number of sulfone groups is 1. The summed E-state index contributed by atoms with van der Waals surface area (Å²) < 4.78 is 26.9. The van der Waals surface area contributed by atoms with Crippen LogP contribution >= 0.6 is 11.6 Å². The summed E-state index contributed by atoms with van der Waals surface area (Å²) in [6.45, 7) is 5.01. The molecule has 12 heteroatoms. The van der Waals surface area contributed by atoms with Crippen molar-refractivity contribution in [1.29, 1.82) is 0 Å². The quantitative estimate of drug-likeness (QED) is 0.404. The second-order valence-corrected chi connectivity index (χ2v) is 13.3. The fraction of sp³-hybridized carbons (Fsp3) is 0.538. The average molecular weight is 561 g/mol. The molecule has 2 N–H and O–H groups in total. The van der Waals surface area contributed by atoms with Gasteiger partial charge < -0.3 is 9.40 Å². The van der Waals surface area contributed by atoms with Gasteiger partial charge >= 0.3 is 6.09 Å². The molecule has 10 nitrogen and oxygen atoms in total. The molecule has 1 saturated carbocycles. The van der Waals surface area contributed by atoms with Gasteiger partial charge in [-0.1, -0.05) is 38.3 Å². The van der Waals surface area contributed by atoms with Crippen LogP contribution in [0.4, 0.5) is 4.79 Å². The van der Waals surface area contributed by atoms with Crippen LogP contribution in [-0.4, -0.2) is 46.0 Å². The molecule has 0 aromatic carbocycles. The summed E-state index contributed by atoms with van der Waals surface area (Å²) in [6.07, 6.45) is 8.45. The molecular weight excluding hydrogens is 528 g/mol. The SMILES string of the molecule is CCC(CS(C)(=O)=O)c1nc2cc(C3NOC(=O)N3)nc(-c3cncc(Cl)c3)c2n1CC1CCC(C)CC1. The first-order chi connectivity index (χ1) is 18.1. The van der Waals surface area contributed by atoms with E-state index in [9.17, 15) is 13.2 Å². The first-order valence-corrected chi connectivity index (χ1v) is 15.5. The van der Waals surface area contributed by atoms with E-state index < -0.39 is 22.1 Å². The van der Waals surface area contributed by atoms with Gasteiger partial charge in [-0.15, -0.1) is 5.48 Å². The van der Waals surface area contributed by atoms with Crippen LogP contribution in [0.15, 0.2) is 24.5 Å². The predicted molar refractivity (Wildman–Crippen MR) is 145 cm³/mol. The minimum absolute atomic E-state index is 0.0109. The Morgan fingerprint density at radius 2 is 1.95 bits per heavy atom.